The molecule has 66 valence electrons. The largest absolute Gasteiger partial charge is 0.478 e. The van der Waals surface area contributed by atoms with E-state index in [1.54, 1.807) is 0 Å². The number of esters is 1. The highest BCUT2D eigenvalue weighted by Gasteiger charge is 1.90. The van der Waals surface area contributed by atoms with E-state index in [-0.39, 0.29) is 0 Å². The number of carboxylic acid groups (broad SMARTS) is 1. The van der Waals surface area contributed by atoms with Gasteiger partial charge in [-0.05, 0) is 0 Å². The first kappa shape index (κ1) is 10.4. The topological polar surface area (TPSA) is 83.8 Å². The molecule has 0 aliphatic carbocycles. The predicted octanol–water partition coefficient (Wildman–Crippen LogP) is -0.324. The van der Waals surface area contributed by atoms with Gasteiger partial charge in [0.05, 0.1) is 0 Å². The van der Waals surface area contributed by atoms with Crippen molar-refractivity contribution in [1.29, 1.82) is 0 Å². The first-order valence-corrected chi connectivity index (χ1v) is 3.02. The van der Waals surface area contributed by atoms with Crippen LogP contribution in [0, 0.1) is 0 Å². The summed E-state index contributed by atoms with van der Waals surface area (Å²) in [5.41, 5.74) is 0. The number of carboxylic acids is 1. The number of hydrogen-bond acceptors (Lipinski definition) is 4. The van der Waals surface area contributed by atoms with Crippen LogP contribution in [0.4, 0.5) is 0 Å². The number of aliphatic carboxylic acids is 1. The van der Waals surface area contributed by atoms with Crippen LogP contribution in [0.15, 0.2) is 24.3 Å². The zero-order valence-electron chi connectivity index (χ0n) is 6.14. The van der Waals surface area contributed by atoms with Gasteiger partial charge in [-0.15, -0.1) is 0 Å². The second-order valence-electron chi connectivity index (χ2n) is 1.65. The predicted molar refractivity (Wildman–Crippen MR) is 39.1 cm³/mol. The molecule has 2 N–H and O–H groups in total. The van der Waals surface area contributed by atoms with Crippen molar-refractivity contribution in [2.24, 2.45) is 0 Å². The Hall–Kier alpha value is -1.62. The van der Waals surface area contributed by atoms with E-state index in [0.29, 0.717) is 0 Å². The van der Waals surface area contributed by atoms with Crippen molar-refractivity contribution >= 4 is 11.9 Å². The monoisotopic (exact) mass is 172 g/mol. The SMILES string of the molecule is O=C(O)/C=C\C=C\C(=O)OCO. The summed E-state index contributed by atoms with van der Waals surface area (Å²) in [5, 5.41) is 16.2. The lowest BCUT2D eigenvalue weighted by Crippen LogP contribution is -2.00. The lowest BCUT2D eigenvalue weighted by molar-refractivity contribution is -0.145. The Bertz CT molecular complexity index is 216. The molecule has 0 fully saturated rings. The van der Waals surface area contributed by atoms with E-state index in [1.165, 1.54) is 12.2 Å². The quantitative estimate of drug-likeness (QED) is 0.262. The number of allylic oxidation sites excluding steroid dienone is 2. The van der Waals surface area contributed by atoms with E-state index in [1.807, 2.05) is 0 Å². The van der Waals surface area contributed by atoms with Gasteiger partial charge in [0.2, 0.25) is 0 Å². The molecule has 12 heavy (non-hydrogen) atoms. The fourth-order valence-electron chi connectivity index (χ4n) is 0.384. The number of ether oxygens (including phenoxy) is 1. The van der Waals surface area contributed by atoms with E-state index >= 15 is 0 Å². The van der Waals surface area contributed by atoms with Crippen molar-refractivity contribution in [3.63, 3.8) is 0 Å². The second kappa shape index (κ2) is 6.11. The summed E-state index contributed by atoms with van der Waals surface area (Å²) in [6, 6.07) is 0. The maximum absolute atomic E-state index is 10.4. The van der Waals surface area contributed by atoms with Gasteiger partial charge in [-0.2, -0.15) is 0 Å². The number of carbonyl (C=O) groups excluding carboxylic acids is 1. The maximum atomic E-state index is 10.4. The number of aliphatic hydroxyl groups excluding tert-OH is 1. The third kappa shape index (κ3) is 6.50. The molecular formula is C7H8O5. The highest BCUT2D eigenvalue weighted by Crippen LogP contribution is 1.81. The maximum Gasteiger partial charge on any atom is 0.332 e. The van der Waals surface area contributed by atoms with E-state index in [9.17, 15) is 9.59 Å². The Kier molecular flexibility index (Phi) is 5.29. The molecular weight excluding hydrogens is 164 g/mol. The van der Waals surface area contributed by atoms with E-state index in [0.717, 1.165) is 12.2 Å². The van der Waals surface area contributed by atoms with Crippen LogP contribution < -0.4 is 0 Å². The lowest BCUT2D eigenvalue weighted by Gasteiger charge is -1.91. The van der Waals surface area contributed by atoms with Crippen LogP contribution in [-0.4, -0.2) is 28.9 Å². The molecule has 0 heterocycles. The Morgan fingerprint density at radius 2 is 1.83 bits per heavy atom. The highest BCUT2D eigenvalue weighted by atomic mass is 16.6. The molecule has 0 unspecified atom stereocenters. The van der Waals surface area contributed by atoms with Gasteiger partial charge in [0.1, 0.15) is 0 Å². The smallest absolute Gasteiger partial charge is 0.332 e. The van der Waals surface area contributed by atoms with Gasteiger partial charge in [0.15, 0.2) is 6.79 Å². The van der Waals surface area contributed by atoms with Gasteiger partial charge in [0.25, 0.3) is 0 Å². The molecule has 0 spiro atoms. The minimum Gasteiger partial charge on any atom is -0.478 e. The molecule has 0 bridgehead atoms. The van der Waals surface area contributed by atoms with Crippen molar-refractivity contribution in [3.05, 3.63) is 24.3 Å². The van der Waals surface area contributed by atoms with Crippen LogP contribution >= 0.6 is 0 Å². The Labute approximate surface area is 68.6 Å². The fourth-order valence-corrected chi connectivity index (χ4v) is 0.384. The van der Waals surface area contributed by atoms with Crippen LogP contribution in [0.3, 0.4) is 0 Å². The van der Waals surface area contributed by atoms with E-state index < -0.39 is 18.7 Å². The van der Waals surface area contributed by atoms with Crippen LogP contribution in [0.25, 0.3) is 0 Å². The Morgan fingerprint density at radius 3 is 2.33 bits per heavy atom. The summed E-state index contributed by atoms with van der Waals surface area (Å²) in [4.78, 5) is 20.3. The second-order valence-corrected chi connectivity index (χ2v) is 1.65. The average Bonchev–Trinajstić information content (AvgIpc) is 1.98. The zero-order chi connectivity index (χ0) is 9.40. The summed E-state index contributed by atoms with van der Waals surface area (Å²) in [6.45, 7) is -0.689. The molecule has 0 amide bonds. The van der Waals surface area contributed by atoms with Crippen molar-refractivity contribution in [1.82, 2.24) is 0 Å². The van der Waals surface area contributed by atoms with E-state index in [2.05, 4.69) is 4.74 Å². The Balaban J connectivity index is 3.75. The van der Waals surface area contributed by atoms with Crippen LogP contribution in [0.2, 0.25) is 0 Å². The minimum atomic E-state index is -1.10. The summed E-state index contributed by atoms with van der Waals surface area (Å²) >= 11 is 0. The summed E-state index contributed by atoms with van der Waals surface area (Å²) in [6.07, 6.45) is 4.23. The summed E-state index contributed by atoms with van der Waals surface area (Å²) < 4.78 is 4.10. The number of hydrogen-bond donors (Lipinski definition) is 2. The zero-order valence-corrected chi connectivity index (χ0v) is 6.14. The first-order valence-electron chi connectivity index (χ1n) is 3.02. The molecule has 5 heteroatoms. The lowest BCUT2D eigenvalue weighted by atomic mass is 10.4. The van der Waals surface area contributed by atoms with Gasteiger partial charge in [-0.3, -0.25) is 0 Å². The molecule has 0 saturated carbocycles. The van der Waals surface area contributed by atoms with Crippen molar-refractivity contribution in [3.8, 4) is 0 Å². The van der Waals surface area contributed by atoms with Gasteiger partial charge < -0.3 is 14.9 Å². The van der Waals surface area contributed by atoms with Crippen LogP contribution in [0.5, 0.6) is 0 Å². The van der Waals surface area contributed by atoms with Crippen molar-refractivity contribution < 1.29 is 24.5 Å². The molecule has 0 aromatic heterocycles. The standard InChI is InChI=1S/C7H8O5/c8-5-12-7(11)4-2-1-3-6(9)10/h1-4,8H,5H2,(H,9,10)/b3-1-,4-2+. The third-order valence-corrected chi connectivity index (χ3v) is 0.789. The van der Waals surface area contributed by atoms with Gasteiger partial charge >= 0.3 is 11.9 Å². The van der Waals surface area contributed by atoms with E-state index in [4.69, 9.17) is 10.2 Å². The van der Waals surface area contributed by atoms with Gasteiger partial charge in [-0.1, -0.05) is 12.2 Å². The van der Waals surface area contributed by atoms with Crippen LogP contribution in [0.1, 0.15) is 0 Å². The molecule has 5 nitrogen and oxygen atoms in total. The number of aliphatic hydroxyl groups is 1. The number of rotatable bonds is 4. The molecule has 0 saturated heterocycles. The molecule has 0 aliphatic heterocycles. The Morgan fingerprint density at radius 1 is 1.25 bits per heavy atom. The molecule has 0 atom stereocenters. The first-order chi connectivity index (χ1) is 5.66. The molecule has 0 rings (SSSR count). The van der Waals surface area contributed by atoms with Crippen molar-refractivity contribution in [2.75, 3.05) is 6.79 Å². The van der Waals surface area contributed by atoms with Gasteiger partial charge in [0, 0.05) is 12.2 Å². The average molecular weight is 172 g/mol. The molecule has 0 aromatic rings. The molecule has 0 radical (unpaired) electrons. The van der Waals surface area contributed by atoms with Crippen LogP contribution in [-0.2, 0) is 14.3 Å². The third-order valence-electron chi connectivity index (χ3n) is 0.789. The fraction of sp³-hybridized carbons (Fsp3) is 0.143. The minimum absolute atomic E-state index is 0.689. The molecule has 0 aromatic carbocycles. The highest BCUT2D eigenvalue weighted by molar-refractivity contribution is 5.83. The normalized spacial score (nSPS) is 10.8. The van der Waals surface area contributed by atoms with Crippen molar-refractivity contribution in [2.45, 2.75) is 0 Å². The summed E-state index contributed by atoms with van der Waals surface area (Å²) in [5.74, 6) is -1.83. The summed E-state index contributed by atoms with van der Waals surface area (Å²) in [7, 11) is 0. The molecule has 0 aliphatic rings. The van der Waals surface area contributed by atoms with Gasteiger partial charge in [-0.25, -0.2) is 9.59 Å². The number of carbonyl (C=O) groups is 2.